The topological polar surface area (TPSA) is 77.0 Å². The van der Waals surface area contributed by atoms with Crippen molar-refractivity contribution in [3.05, 3.63) is 52.7 Å². The first kappa shape index (κ1) is 24.1. The second-order valence-electron chi connectivity index (χ2n) is 8.42. The molecule has 2 aromatic rings. The van der Waals surface area contributed by atoms with E-state index >= 15 is 0 Å². The second-order valence-corrected chi connectivity index (χ2v) is 8.83. The summed E-state index contributed by atoms with van der Waals surface area (Å²) in [6.07, 6.45) is -2.66. The van der Waals surface area contributed by atoms with Crippen molar-refractivity contribution in [3.63, 3.8) is 0 Å². The molecule has 182 valence electrons. The summed E-state index contributed by atoms with van der Waals surface area (Å²) in [4.78, 5) is 34.7. The van der Waals surface area contributed by atoms with E-state index in [1.807, 2.05) is 0 Å². The van der Waals surface area contributed by atoms with Crippen LogP contribution in [0.4, 0.5) is 19.0 Å². The molecule has 3 heterocycles. The molecule has 0 radical (unpaired) electrons. The van der Waals surface area contributed by atoms with E-state index in [2.05, 4.69) is 4.98 Å². The number of aromatic hydroxyl groups is 1. The van der Waals surface area contributed by atoms with Gasteiger partial charge >= 0.3 is 6.18 Å². The zero-order chi connectivity index (χ0) is 24.5. The van der Waals surface area contributed by atoms with Crippen LogP contribution in [0.1, 0.15) is 28.8 Å². The monoisotopic (exact) mass is 496 g/mol. The zero-order valence-electron chi connectivity index (χ0n) is 18.3. The fourth-order valence-corrected chi connectivity index (χ4v) is 4.66. The van der Waals surface area contributed by atoms with Gasteiger partial charge in [-0.05, 0) is 31.0 Å². The van der Waals surface area contributed by atoms with Gasteiger partial charge in [-0.2, -0.15) is 13.2 Å². The molecule has 34 heavy (non-hydrogen) atoms. The number of para-hydroxylation sites is 1. The lowest BCUT2D eigenvalue weighted by Crippen LogP contribution is -2.53. The van der Waals surface area contributed by atoms with Gasteiger partial charge in [0, 0.05) is 51.4 Å². The van der Waals surface area contributed by atoms with Crippen LogP contribution in [0, 0.1) is 5.92 Å². The van der Waals surface area contributed by atoms with E-state index in [9.17, 15) is 27.9 Å². The number of piperidine rings is 1. The van der Waals surface area contributed by atoms with Crippen molar-refractivity contribution in [1.29, 1.82) is 0 Å². The molecule has 0 atom stereocenters. The molecule has 0 aliphatic carbocycles. The molecule has 0 spiro atoms. The molecule has 2 aliphatic rings. The van der Waals surface area contributed by atoms with Gasteiger partial charge in [0.15, 0.2) is 0 Å². The number of halogens is 4. The first-order valence-electron chi connectivity index (χ1n) is 11.0. The Kier molecular flexibility index (Phi) is 6.88. The Morgan fingerprint density at radius 2 is 1.62 bits per heavy atom. The number of phenolic OH excluding ortho intramolecular Hbond substituents is 1. The summed E-state index contributed by atoms with van der Waals surface area (Å²) < 4.78 is 38.5. The average Bonchev–Trinajstić information content (AvgIpc) is 2.83. The number of hydrogen-bond donors (Lipinski definition) is 1. The summed E-state index contributed by atoms with van der Waals surface area (Å²) in [6.45, 7) is 2.49. The lowest BCUT2D eigenvalue weighted by atomic mass is 9.95. The summed E-state index contributed by atoms with van der Waals surface area (Å²) in [7, 11) is 0. The Morgan fingerprint density at radius 1 is 1.00 bits per heavy atom. The number of pyridine rings is 1. The number of benzene rings is 1. The molecule has 7 nitrogen and oxygen atoms in total. The van der Waals surface area contributed by atoms with Crippen LogP contribution in [-0.4, -0.2) is 71.0 Å². The average molecular weight is 497 g/mol. The van der Waals surface area contributed by atoms with E-state index in [4.69, 9.17) is 11.6 Å². The molecule has 11 heteroatoms. The molecule has 0 bridgehead atoms. The van der Waals surface area contributed by atoms with Gasteiger partial charge in [0.2, 0.25) is 5.91 Å². The number of piperazine rings is 1. The van der Waals surface area contributed by atoms with Crippen LogP contribution in [0.3, 0.4) is 0 Å². The van der Waals surface area contributed by atoms with Crippen molar-refractivity contribution >= 4 is 29.2 Å². The van der Waals surface area contributed by atoms with Gasteiger partial charge in [0.1, 0.15) is 11.6 Å². The minimum absolute atomic E-state index is 0.0146. The Bertz CT molecular complexity index is 1070. The third kappa shape index (κ3) is 5.06. The molecular formula is C23H24ClF3N4O3. The lowest BCUT2D eigenvalue weighted by Gasteiger charge is -2.39. The SMILES string of the molecule is O=C(c1ccccc1O)N1CCN(C(=O)C2CCN(c3ncc(C(F)(F)F)cc3Cl)CC2)CC1. The summed E-state index contributed by atoms with van der Waals surface area (Å²) >= 11 is 6.06. The molecule has 4 rings (SSSR count). The van der Waals surface area contributed by atoms with Crippen LogP contribution in [0.15, 0.2) is 36.5 Å². The van der Waals surface area contributed by atoms with E-state index in [-0.39, 0.29) is 39.9 Å². The molecule has 2 fully saturated rings. The van der Waals surface area contributed by atoms with Gasteiger partial charge in [-0.1, -0.05) is 23.7 Å². The highest BCUT2D eigenvalue weighted by molar-refractivity contribution is 6.33. The van der Waals surface area contributed by atoms with Crippen LogP contribution in [0.25, 0.3) is 0 Å². The Morgan fingerprint density at radius 3 is 2.21 bits per heavy atom. The number of carbonyl (C=O) groups is 2. The van der Waals surface area contributed by atoms with E-state index < -0.39 is 11.7 Å². The van der Waals surface area contributed by atoms with Gasteiger partial charge < -0.3 is 19.8 Å². The summed E-state index contributed by atoms with van der Waals surface area (Å²) in [5.74, 6) is -0.234. The van der Waals surface area contributed by atoms with Crippen molar-refractivity contribution < 1.29 is 27.9 Å². The number of phenols is 1. The summed E-state index contributed by atoms with van der Waals surface area (Å²) in [6, 6.07) is 7.24. The van der Waals surface area contributed by atoms with E-state index in [0.717, 1.165) is 12.3 Å². The van der Waals surface area contributed by atoms with E-state index in [0.29, 0.717) is 52.1 Å². The lowest BCUT2D eigenvalue weighted by molar-refractivity contribution is -0.138. The fraction of sp³-hybridized carbons (Fsp3) is 0.435. The molecular weight excluding hydrogens is 473 g/mol. The smallest absolute Gasteiger partial charge is 0.417 e. The molecule has 2 saturated heterocycles. The predicted octanol–water partition coefficient (Wildman–Crippen LogP) is 3.66. The third-order valence-corrected chi connectivity index (χ3v) is 6.58. The molecule has 2 aliphatic heterocycles. The van der Waals surface area contributed by atoms with Crippen LogP contribution in [0.2, 0.25) is 5.02 Å². The normalized spacial score (nSPS) is 17.7. The number of aromatic nitrogens is 1. The van der Waals surface area contributed by atoms with Crippen LogP contribution in [-0.2, 0) is 11.0 Å². The first-order valence-corrected chi connectivity index (χ1v) is 11.4. The highest BCUT2D eigenvalue weighted by Crippen LogP contribution is 2.35. The van der Waals surface area contributed by atoms with Crippen molar-refractivity contribution in [2.75, 3.05) is 44.2 Å². The van der Waals surface area contributed by atoms with Crippen molar-refractivity contribution in [3.8, 4) is 5.75 Å². The van der Waals surface area contributed by atoms with E-state index in [1.165, 1.54) is 6.07 Å². The standard InChI is InChI=1S/C23H24ClF3N4O3/c24-18-13-16(23(25,26)27)14-28-20(18)29-7-5-15(6-8-29)21(33)30-9-11-31(12-10-30)22(34)17-3-1-2-4-19(17)32/h1-4,13-15,32H,5-12H2. The molecule has 2 amide bonds. The highest BCUT2D eigenvalue weighted by atomic mass is 35.5. The van der Waals surface area contributed by atoms with Gasteiger partial charge in [0.25, 0.3) is 5.91 Å². The quantitative estimate of drug-likeness (QED) is 0.702. The van der Waals surface area contributed by atoms with Gasteiger partial charge in [-0.25, -0.2) is 4.98 Å². The molecule has 0 unspecified atom stereocenters. The zero-order valence-corrected chi connectivity index (χ0v) is 19.0. The molecule has 0 saturated carbocycles. The largest absolute Gasteiger partial charge is 0.507 e. The maximum Gasteiger partial charge on any atom is 0.417 e. The number of alkyl halides is 3. The number of nitrogens with zero attached hydrogens (tertiary/aromatic N) is 4. The fourth-order valence-electron chi connectivity index (χ4n) is 4.37. The number of rotatable bonds is 3. The van der Waals surface area contributed by atoms with Gasteiger partial charge in [-0.3, -0.25) is 9.59 Å². The van der Waals surface area contributed by atoms with Gasteiger partial charge in [-0.15, -0.1) is 0 Å². The maximum absolute atomic E-state index is 13.0. The minimum Gasteiger partial charge on any atom is -0.507 e. The van der Waals surface area contributed by atoms with Crippen LogP contribution in [0.5, 0.6) is 5.75 Å². The minimum atomic E-state index is -4.51. The molecule has 1 aromatic carbocycles. The Balaban J connectivity index is 1.30. The van der Waals surface area contributed by atoms with Crippen molar-refractivity contribution in [2.45, 2.75) is 19.0 Å². The van der Waals surface area contributed by atoms with Gasteiger partial charge in [0.05, 0.1) is 16.1 Å². The van der Waals surface area contributed by atoms with Crippen molar-refractivity contribution in [1.82, 2.24) is 14.8 Å². The van der Waals surface area contributed by atoms with E-state index in [1.54, 1.807) is 32.9 Å². The molecule has 1 N–H and O–H groups in total. The number of carbonyl (C=O) groups excluding carboxylic acids is 2. The number of amides is 2. The second kappa shape index (κ2) is 9.69. The van der Waals surface area contributed by atoms with Crippen molar-refractivity contribution in [2.24, 2.45) is 5.92 Å². The summed E-state index contributed by atoms with van der Waals surface area (Å²) in [5.41, 5.74) is -0.656. The third-order valence-electron chi connectivity index (χ3n) is 6.31. The van der Waals surface area contributed by atoms with Crippen LogP contribution >= 0.6 is 11.6 Å². The predicted molar refractivity (Wildman–Crippen MR) is 120 cm³/mol. The highest BCUT2D eigenvalue weighted by Gasteiger charge is 2.34. The first-order chi connectivity index (χ1) is 16.1. The summed E-state index contributed by atoms with van der Waals surface area (Å²) in [5, 5.41) is 9.85. The Labute approximate surface area is 199 Å². The number of hydrogen-bond acceptors (Lipinski definition) is 5. The Hall–Kier alpha value is -3.01. The number of anilines is 1. The maximum atomic E-state index is 13.0. The van der Waals surface area contributed by atoms with Crippen LogP contribution < -0.4 is 4.90 Å². The molecule has 1 aromatic heterocycles.